The summed E-state index contributed by atoms with van der Waals surface area (Å²) in [5.41, 5.74) is 8.10. The lowest BCUT2D eigenvalue weighted by atomic mass is 9.95. The van der Waals surface area contributed by atoms with Crippen molar-refractivity contribution in [3.8, 4) is 5.75 Å². The zero-order chi connectivity index (χ0) is 19.3. The summed E-state index contributed by atoms with van der Waals surface area (Å²) in [6, 6.07) is 14.8. The summed E-state index contributed by atoms with van der Waals surface area (Å²) in [6.45, 7) is 3.60. The Morgan fingerprint density at radius 1 is 1.22 bits per heavy atom. The van der Waals surface area contributed by atoms with Crippen molar-refractivity contribution in [3.63, 3.8) is 0 Å². The van der Waals surface area contributed by atoms with Gasteiger partial charge in [-0.1, -0.05) is 35.9 Å². The van der Waals surface area contributed by atoms with Crippen LogP contribution in [0.2, 0.25) is 5.02 Å². The predicted molar refractivity (Wildman–Crippen MR) is 107 cm³/mol. The Morgan fingerprint density at radius 2 is 2.00 bits per heavy atom. The van der Waals surface area contributed by atoms with Crippen molar-refractivity contribution in [2.24, 2.45) is 5.92 Å². The van der Waals surface area contributed by atoms with Gasteiger partial charge in [-0.25, -0.2) is 18.6 Å². The molecule has 0 bridgehead atoms. The van der Waals surface area contributed by atoms with Crippen molar-refractivity contribution >= 4 is 21.6 Å². The van der Waals surface area contributed by atoms with E-state index in [0.717, 1.165) is 11.3 Å². The summed E-state index contributed by atoms with van der Waals surface area (Å²) in [6.07, 6.45) is 0. The average Bonchev–Trinajstić information content (AvgIpc) is 3.09. The van der Waals surface area contributed by atoms with Crippen LogP contribution in [0.15, 0.2) is 48.5 Å². The van der Waals surface area contributed by atoms with Crippen molar-refractivity contribution in [1.29, 1.82) is 0 Å². The zero-order valence-corrected chi connectivity index (χ0v) is 16.7. The van der Waals surface area contributed by atoms with E-state index in [-0.39, 0.29) is 17.7 Å². The van der Waals surface area contributed by atoms with E-state index in [1.807, 2.05) is 31.2 Å². The molecule has 1 aliphatic heterocycles. The van der Waals surface area contributed by atoms with Crippen LogP contribution in [0.5, 0.6) is 5.75 Å². The largest absolute Gasteiger partial charge is 0.494 e. The summed E-state index contributed by atoms with van der Waals surface area (Å²) in [5.74, 6) is 0.831. The summed E-state index contributed by atoms with van der Waals surface area (Å²) in [7, 11) is -3.44. The maximum absolute atomic E-state index is 12.4. The van der Waals surface area contributed by atoms with Crippen molar-refractivity contribution in [1.82, 2.24) is 15.6 Å². The SMILES string of the molecule is CCOc1ccc(C2NNCC2CNS(=O)(=O)Cc2cccc(Cl)c2)cc1. The second kappa shape index (κ2) is 9.03. The molecular weight excluding hydrogens is 386 g/mol. The van der Waals surface area contributed by atoms with Crippen molar-refractivity contribution in [3.05, 3.63) is 64.7 Å². The Kier molecular flexibility index (Phi) is 6.73. The third-order valence-corrected chi connectivity index (χ3v) is 6.01. The Morgan fingerprint density at radius 3 is 2.70 bits per heavy atom. The van der Waals surface area contributed by atoms with Gasteiger partial charge in [0.05, 0.1) is 18.4 Å². The van der Waals surface area contributed by atoms with Crippen LogP contribution >= 0.6 is 11.6 Å². The van der Waals surface area contributed by atoms with E-state index in [9.17, 15) is 8.42 Å². The minimum atomic E-state index is -3.44. The summed E-state index contributed by atoms with van der Waals surface area (Å²) >= 11 is 5.93. The summed E-state index contributed by atoms with van der Waals surface area (Å²) in [4.78, 5) is 0. The highest BCUT2D eigenvalue weighted by Gasteiger charge is 2.29. The Hall–Kier alpha value is -1.64. The van der Waals surface area contributed by atoms with Crippen LogP contribution < -0.4 is 20.3 Å². The molecule has 6 nitrogen and oxygen atoms in total. The van der Waals surface area contributed by atoms with Gasteiger partial charge in [-0.05, 0) is 42.3 Å². The predicted octanol–water partition coefficient (Wildman–Crippen LogP) is 2.62. The molecule has 2 unspecified atom stereocenters. The van der Waals surface area contributed by atoms with Crippen LogP contribution in [0.3, 0.4) is 0 Å². The second-order valence-corrected chi connectivity index (χ2v) is 8.75. The molecule has 1 heterocycles. The lowest BCUT2D eigenvalue weighted by molar-refractivity contribution is 0.340. The molecule has 2 atom stereocenters. The van der Waals surface area contributed by atoms with E-state index in [4.69, 9.17) is 16.3 Å². The molecule has 0 radical (unpaired) electrons. The van der Waals surface area contributed by atoms with Gasteiger partial charge in [0.2, 0.25) is 10.0 Å². The van der Waals surface area contributed by atoms with E-state index in [2.05, 4.69) is 15.6 Å². The first-order valence-corrected chi connectivity index (χ1v) is 10.9. The van der Waals surface area contributed by atoms with Gasteiger partial charge in [0.15, 0.2) is 0 Å². The fourth-order valence-electron chi connectivity index (χ4n) is 3.15. The first-order chi connectivity index (χ1) is 13.0. The average molecular weight is 410 g/mol. The molecule has 8 heteroatoms. The highest BCUT2D eigenvalue weighted by Crippen LogP contribution is 2.26. The van der Waals surface area contributed by atoms with Crippen LogP contribution in [0.25, 0.3) is 0 Å². The topological polar surface area (TPSA) is 79.5 Å². The number of hydrogen-bond donors (Lipinski definition) is 3. The standard InChI is InChI=1S/C19H24ClN3O3S/c1-2-26-18-8-6-15(7-9-18)19-16(11-21-23-19)12-22-27(24,25)13-14-4-3-5-17(20)10-14/h3-10,16,19,21-23H,2,11-13H2,1H3. The van der Waals surface area contributed by atoms with Crippen LogP contribution in [0.4, 0.5) is 0 Å². The first-order valence-electron chi connectivity index (χ1n) is 8.90. The summed E-state index contributed by atoms with van der Waals surface area (Å²) < 4.78 is 33.0. The maximum Gasteiger partial charge on any atom is 0.215 e. The number of nitrogens with one attached hydrogen (secondary N) is 3. The van der Waals surface area contributed by atoms with Crippen molar-refractivity contribution < 1.29 is 13.2 Å². The van der Waals surface area contributed by atoms with E-state index in [1.165, 1.54) is 0 Å². The third-order valence-electron chi connectivity index (χ3n) is 4.45. The normalized spacial score (nSPS) is 19.9. The number of ether oxygens (including phenoxy) is 1. The molecule has 2 aromatic carbocycles. The van der Waals surface area contributed by atoms with Crippen LogP contribution in [0.1, 0.15) is 24.1 Å². The molecule has 0 spiro atoms. The lowest BCUT2D eigenvalue weighted by Crippen LogP contribution is -2.33. The molecule has 1 aliphatic rings. The molecule has 0 aromatic heterocycles. The van der Waals surface area contributed by atoms with Gasteiger partial charge in [0.25, 0.3) is 0 Å². The number of sulfonamides is 1. The molecular formula is C19H24ClN3O3S. The highest BCUT2D eigenvalue weighted by molar-refractivity contribution is 7.88. The first kappa shape index (κ1) is 20.1. The van der Waals surface area contributed by atoms with Gasteiger partial charge >= 0.3 is 0 Å². The van der Waals surface area contributed by atoms with Crippen molar-refractivity contribution in [2.45, 2.75) is 18.7 Å². The van der Waals surface area contributed by atoms with Gasteiger partial charge < -0.3 is 4.74 Å². The van der Waals surface area contributed by atoms with E-state index >= 15 is 0 Å². The number of hydrazine groups is 1. The minimum absolute atomic E-state index is 0.0227. The van der Waals surface area contributed by atoms with Gasteiger partial charge in [0.1, 0.15) is 5.75 Å². The smallest absolute Gasteiger partial charge is 0.215 e. The van der Waals surface area contributed by atoms with Gasteiger partial charge in [-0.15, -0.1) is 0 Å². The molecule has 146 valence electrons. The third kappa shape index (κ3) is 5.67. The molecule has 0 amide bonds. The van der Waals surface area contributed by atoms with Crippen LogP contribution in [-0.2, 0) is 15.8 Å². The Balaban J connectivity index is 1.60. The van der Waals surface area contributed by atoms with Gasteiger partial charge in [0, 0.05) is 24.0 Å². The molecule has 0 aliphatic carbocycles. The number of halogens is 1. The highest BCUT2D eigenvalue weighted by atomic mass is 35.5. The molecule has 0 saturated carbocycles. The zero-order valence-electron chi connectivity index (χ0n) is 15.1. The molecule has 2 aromatic rings. The van der Waals surface area contributed by atoms with Gasteiger partial charge in [-0.2, -0.15) is 0 Å². The maximum atomic E-state index is 12.4. The fourth-order valence-corrected chi connectivity index (χ4v) is 4.55. The van der Waals surface area contributed by atoms with Crippen LogP contribution in [0, 0.1) is 5.92 Å². The monoisotopic (exact) mass is 409 g/mol. The van der Waals surface area contributed by atoms with E-state index in [1.54, 1.807) is 24.3 Å². The fraction of sp³-hybridized carbons (Fsp3) is 0.368. The lowest BCUT2D eigenvalue weighted by Gasteiger charge is -2.19. The quantitative estimate of drug-likeness (QED) is 0.624. The molecule has 27 heavy (non-hydrogen) atoms. The van der Waals surface area contributed by atoms with E-state index in [0.29, 0.717) is 30.3 Å². The van der Waals surface area contributed by atoms with Crippen molar-refractivity contribution in [2.75, 3.05) is 19.7 Å². The second-order valence-electron chi connectivity index (χ2n) is 6.50. The minimum Gasteiger partial charge on any atom is -0.494 e. The number of rotatable bonds is 8. The number of hydrogen-bond acceptors (Lipinski definition) is 5. The molecule has 1 fully saturated rings. The summed E-state index contributed by atoms with van der Waals surface area (Å²) in [5, 5.41) is 0.530. The van der Waals surface area contributed by atoms with Crippen LogP contribution in [-0.4, -0.2) is 28.1 Å². The van der Waals surface area contributed by atoms with Gasteiger partial charge in [-0.3, -0.25) is 5.43 Å². The molecule has 3 rings (SSSR count). The molecule has 1 saturated heterocycles. The number of benzene rings is 2. The Labute approximate surface area is 165 Å². The molecule has 3 N–H and O–H groups in total. The Bertz CT molecular complexity index is 859. The van der Waals surface area contributed by atoms with E-state index < -0.39 is 10.0 Å².